The summed E-state index contributed by atoms with van der Waals surface area (Å²) in [4.78, 5) is 0. The van der Waals surface area contributed by atoms with Crippen LogP contribution in [0.2, 0.25) is 0 Å². The Kier molecular flexibility index (Phi) is 3.07. The predicted molar refractivity (Wildman–Crippen MR) is 50.2 cm³/mol. The van der Waals surface area contributed by atoms with Crippen LogP contribution in [0.4, 0.5) is 0 Å². The van der Waals surface area contributed by atoms with Crippen molar-refractivity contribution >= 4 is 0 Å². The lowest BCUT2D eigenvalue weighted by Crippen LogP contribution is -2.45. The average Bonchev–Trinajstić information content (AvgIpc) is 2.63. The van der Waals surface area contributed by atoms with Gasteiger partial charge in [0.15, 0.2) is 0 Å². The molecular weight excluding hydrogens is 182 g/mol. The lowest BCUT2D eigenvalue weighted by molar-refractivity contribution is 0.0102. The zero-order valence-electron chi connectivity index (χ0n) is 8.31. The molecule has 1 fully saturated rings. The van der Waals surface area contributed by atoms with Crippen LogP contribution in [0.25, 0.3) is 0 Å². The van der Waals surface area contributed by atoms with Crippen molar-refractivity contribution in [1.82, 2.24) is 25.4 Å². The Balaban J connectivity index is 1.79. The van der Waals surface area contributed by atoms with E-state index in [1.807, 2.05) is 7.05 Å². The van der Waals surface area contributed by atoms with Crippen molar-refractivity contribution in [3.63, 3.8) is 0 Å². The number of nitrogens with zero attached hydrogens (tertiary/aromatic N) is 4. The SMILES string of the molecule is Cn1nncc1CNN1CCOCC1. The number of ether oxygens (including phenoxy) is 1. The lowest BCUT2D eigenvalue weighted by Gasteiger charge is -2.27. The molecule has 0 bridgehead atoms. The van der Waals surface area contributed by atoms with Gasteiger partial charge in [-0.3, -0.25) is 4.68 Å². The van der Waals surface area contributed by atoms with Gasteiger partial charge in [0.2, 0.25) is 0 Å². The molecule has 0 radical (unpaired) electrons. The third kappa shape index (κ3) is 2.28. The first-order valence-electron chi connectivity index (χ1n) is 4.76. The largest absolute Gasteiger partial charge is 0.379 e. The van der Waals surface area contributed by atoms with Gasteiger partial charge in [-0.25, -0.2) is 10.4 Å². The minimum Gasteiger partial charge on any atom is -0.379 e. The molecule has 0 spiro atoms. The van der Waals surface area contributed by atoms with Crippen molar-refractivity contribution in [2.75, 3.05) is 26.3 Å². The molecule has 1 N–H and O–H groups in total. The summed E-state index contributed by atoms with van der Waals surface area (Å²) in [6, 6.07) is 0. The predicted octanol–water partition coefficient (Wildman–Crippen LogP) is -0.848. The van der Waals surface area contributed by atoms with Gasteiger partial charge >= 0.3 is 0 Å². The molecule has 6 nitrogen and oxygen atoms in total. The number of aromatic nitrogens is 3. The van der Waals surface area contributed by atoms with Crippen LogP contribution in [0.15, 0.2) is 6.20 Å². The molecule has 1 aliphatic heterocycles. The molecule has 1 aromatic heterocycles. The van der Waals surface area contributed by atoms with Crippen molar-refractivity contribution < 1.29 is 4.74 Å². The van der Waals surface area contributed by atoms with Crippen molar-refractivity contribution in [2.24, 2.45) is 7.05 Å². The molecule has 2 rings (SSSR count). The van der Waals surface area contributed by atoms with Gasteiger partial charge in [-0.05, 0) is 0 Å². The van der Waals surface area contributed by atoms with E-state index in [1.54, 1.807) is 10.9 Å². The molecule has 0 unspecified atom stereocenters. The molecule has 14 heavy (non-hydrogen) atoms. The molecular formula is C8H15N5O. The van der Waals surface area contributed by atoms with Gasteiger partial charge in [-0.1, -0.05) is 5.21 Å². The summed E-state index contributed by atoms with van der Waals surface area (Å²) in [5.41, 5.74) is 4.40. The first-order chi connectivity index (χ1) is 6.86. The molecule has 0 saturated carbocycles. The fraction of sp³-hybridized carbons (Fsp3) is 0.750. The standard InChI is InChI=1S/C8H15N5O/c1-12-8(6-9-11-12)7-10-13-2-4-14-5-3-13/h6,10H,2-5,7H2,1H3. The van der Waals surface area contributed by atoms with Gasteiger partial charge in [0.25, 0.3) is 0 Å². The quantitative estimate of drug-likeness (QED) is 0.684. The topological polar surface area (TPSA) is 55.2 Å². The van der Waals surface area contributed by atoms with Crippen LogP contribution in [0.5, 0.6) is 0 Å². The van der Waals surface area contributed by atoms with Crippen molar-refractivity contribution in [3.8, 4) is 0 Å². The maximum Gasteiger partial charge on any atom is 0.0738 e. The van der Waals surface area contributed by atoms with E-state index in [9.17, 15) is 0 Å². The Labute approximate surface area is 82.8 Å². The summed E-state index contributed by atoms with van der Waals surface area (Å²) in [6.45, 7) is 4.24. The lowest BCUT2D eigenvalue weighted by atomic mass is 10.4. The summed E-state index contributed by atoms with van der Waals surface area (Å²) >= 11 is 0. The molecule has 0 aliphatic carbocycles. The van der Waals surface area contributed by atoms with Gasteiger partial charge in [-0.15, -0.1) is 5.10 Å². The third-order valence-electron chi connectivity index (χ3n) is 2.30. The van der Waals surface area contributed by atoms with Crippen LogP contribution < -0.4 is 5.43 Å². The molecule has 1 aromatic rings. The van der Waals surface area contributed by atoms with Gasteiger partial charge in [0.1, 0.15) is 0 Å². The summed E-state index contributed by atoms with van der Waals surface area (Å²) in [5.74, 6) is 0. The van der Waals surface area contributed by atoms with E-state index in [4.69, 9.17) is 4.74 Å². The summed E-state index contributed by atoms with van der Waals surface area (Å²) < 4.78 is 7.02. The molecule has 2 heterocycles. The van der Waals surface area contributed by atoms with E-state index in [-0.39, 0.29) is 0 Å². The van der Waals surface area contributed by atoms with E-state index in [0.29, 0.717) is 0 Å². The number of hydrogen-bond acceptors (Lipinski definition) is 5. The Bertz CT molecular complexity index is 281. The van der Waals surface area contributed by atoms with Crippen LogP contribution in [0.1, 0.15) is 5.69 Å². The fourth-order valence-electron chi connectivity index (χ4n) is 1.39. The third-order valence-corrected chi connectivity index (χ3v) is 2.30. The maximum atomic E-state index is 5.25. The van der Waals surface area contributed by atoms with Crippen LogP contribution in [-0.2, 0) is 18.3 Å². The van der Waals surface area contributed by atoms with Crippen molar-refractivity contribution in [1.29, 1.82) is 0 Å². The second-order valence-electron chi connectivity index (χ2n) is 3.28. The number of aryl methyl sites for hydroxylation is 1. The zero-order chi connectivity index (χ0) is 9.80. The molecule has 1 aliphatic rings. The number of hydrogen-bond donors (Lipinski definition) is 1. The minimum absolute atomic E-state index is 0.767. The highest BCUT2D eigenvalue weighted by molar-refractivity contribution is 4.91. The summed E-state index contributed by atoms with van der Waals surface area (Å²) in [6.07, 6.45) is 1.77. The second-order valence-corrected chi connectivity index (χ2v) is 3.28. The van der Waals surface area contributed by atoms with E-state index in [2.05, 4.69) is 20.7 Å². The fourth-order valence-corrected chi connectivity index (χ4v) is 1.39. The highest BCUT2D eigenvalue weighted by atomic mass is 16.5. The Morgan fingerprint density at radius 1 is 1.50 bits per heavy atom. The Morgan fingerprint density at radius 2 is 2.29 bits per heavy atom. The van der Waals surface area contributed by atoms with E-state index in [0.717, 1.165) is 38.5 Å². The van der Waals surface area contributed by atoms with E-state index >= 15 is 0 Å². The first kappa shape index (κ1) is 9.57. The number of morpholine rings is 1. The summed E-state index contributed by atoms with van der Waals surface area (Å²) in [7, 11) is 1.89. The molecule has 0 atom stereocenters. The van der Waals surface area contributed by atoms with Crippen LogP contribution >= 0.6 is 0 Å². The first-order valence-corrected chi connectivity index (χ1v) is 4.76. The van der Waals surface area contributed by atoms with Gasteiger partial charge in [0, 0.05) is 20.1 Å². The van der Waals surface area contributed by atoms with Crippen LogP contribution in [0.3, 0.4) is 0 Å². The maximum absolute atomic E-state index is 5.25. The molecule has 78 valence electrons. The van der Waals surface area contributed by atoms with Crippen LogP contribution in [-0.4, -0.2) is 46.3 Å². The highest BCUT2D eigenvalue weighted by Crippen LogP contribution is 1.96. The normalized spacial score (nSPS) is 18.6. The van der Waals surface area contributed by atoms with E-state index in [1.165, 1.54) is 0 Å². The van der Waals surface area contributed by atoms with Crippen LogP contribution in [0, 0.1) is 0 Å². The highest BCUT2D eigenvalue weighted by Gasteiger charge is 2.09. The summed E-state index contributed by atoms with van der Waals surface area (Å²) in [5, 5.41) is 9.84. The minimum atomic E-state index is 0.767. The zero-order valence-corrected chi connectivity index (χ0v) is 8.31. The average molecular weight is 197 g/mol. The molecule has 0 amide bonds. The van der Waals surface area contributed by atoms with Gasteiger partial charge in [-0.2, -0.15) is 0 Å². The Hall–Kier alpha value is -0.980. The van der Waals surface area contributed by atoms with Crippen molar-refractivity contribution in [2.45, 2.75) is 6.54 Å². The van der Waals surface area contributed by atoms with E-state index < -0.39 is 0 Å². The van der Waals surface area contributed by atoms with Crippen molar-refractivity contribution in [3.05, 3.63) is 11.9 Å². The monoisotopic (exact) mass is 197 g/mol. The Morgan fingerprint density at radius 3 is 2.93 bits per heavy atom. The number of nitrogens with one attached hydrogen (secondary N) is 1. The molecule has 0 aromatic carbocycles. The molecule has 1 saturated heterocycles. The number of hydrazine groups is 1. The van der Waals surface area contributed by atoms with Gasteiger partial charge in [0.05, 0.1) is 31.6 Å². The second kappa shape index (κ2) is 4.50. The molecule has 6 heteroatoms. The number of rotatable bonds is 3. The smallest absolute Gasteiger partial charge is 0.0738 e. The van der Waals surface area contributed by atoms with Gasteiger partial charge < -0.3 is 4.74 Å².